The fraction of sp³-hybridized carbons (Fsp3) is 0.909. The Morgan fingerprint density at radius 1 is 0.794 bits per heavy atom. The van der Waals surface area contributed by atoms with Crippen molar-refractivity contribution in [1.29, 1.82) is 0 Å². The van der Waals surface area contributed by atoms with E-state index in [-0.39, 0.29) is 25.6 Å². The molecule has 0 aliphatic rings. The molecule has 0 saturated carbocycles. The molecule has 0 aliphatic carbocycles. The van der Waals surface area contributed by atoms with E-state index in [1.807, 2.05) is 0 Å². The number of carboxylic acid groups (broad SMARTS) is 1. The highest BCUT2D eigenvalue weighted by atomic mass is 31.2. The van der Waals surface area contributed by atoms with Crippen LogP contribution in [0.15, 0.2) is 0 Å². The van der Waals surface area contributed by atoms with Crippen molar-refractivity contribution in [3.8, 4) is 0 Å². The van der Waals surface area contributed by atoms with Crippen molar-refractivity contribution in [1.82, 2.24) is 0 Å². The van der Waals surface area contributed by atoms with Crippen LogP contribution >= 0.6 is 7.82 Å². The first-order valence-electron chi connectivity index (χ1n) is 12.2. The van der Waals surface area contributed by atoms with Gasteiger partial charge >= 0.3 is 19.8 Å². The van der Waals surface area contributed by atoms with E-state index in [4.69, 9.17) is 25.1 Å². The van der Waals surface area contributed by atoms with Gasteiger partial charge in [-0.25, -0.2) is 4.57 Å². The van der Waals surface area contributed by atoms with E-state index in [9.17, 15) is 19.0 Å². The molecular weight excluding hydrogens is 469 g/mol. The Bertz CT molecular complexity index is 564. The zero-order valence-corrected chi connectivity index (χ0v) is 21.4. The van der Waals surface area contributed by atoms with Crippen LogP contribution in [0.4, 0.5) is 0 Å². The lowest BCUT2D eigenvalue weighted by Crippen LogP contribution is -2.34. The van der Waals surface area contributed by atoms with Gasteiger partial charge in [-0.1, -0.05) is 32.6 Å². The molecule has 12 heteroatoms. The molecule has 0 aromatic heterocycles. The molecule has 202 valence electrons. The SMILES string of the molecule is CCCCCCOCCCCOCCCCCC(=O)OCCCOP(=O)(O)OC[C@@H](N)C(=O)O. The lowest BCUT2D eigenvalue weighted by Gasteiger charge is -2.13. The minimum absolute atomic E-state index is 0.0407. The number of aliphatic carboxylic acids is 1. The number of phosphoric ester groups is 1. The first-order chi connectivity index (χ1) is 16.3. The molecule has 0 amide bonds. The molecule has 11 nitrogen and oxygen atoms in total. The van der Waals surface area contributed by atoms with Crippen LogP contribution in [-0.4, -0.2) is 74.2 Å². The van der Waals surface area contributed by atoms with Gasteiger partial charge < -0.3 is 29.9 Å². The van der Waals surface area contributed by atoms with E-state index in [1.54, 1.807) is 0 Å². The lowest BCUT2D eigenvalue weighted by molar-refractivity contribution is -0.144. The summed E-state index contributed by atoms with van der Waals surface area (Å²) in [4.78, 5) is 31.6. The van der Waals surface area contributed by atoms with E-state index < -0.39 is 26.4 Å². The second-order valence-corrected chi connectivity index (χ2v) is 9.37. The summed E-state index contributed by atoms with van der Waals surface area (Å²) in [7, 11) is -4.40. The molecule has 1 unspecified atom stereocenters. The van der Waals surface area contributed by atoms with E-state index in [0.717, 1.165) is 51.9 Å². The molecule has 0 aromatic carbocycles. The highest BCUT2D eigenvalue weighted by molar-refractivity contribution is 7.47. The van der Waals surface area contributed by atoms with Crippen LogP contribution in [0.25, 0.3) is 0 Å². The molecular formula is C22H44NO10P. The molecule has 4 N–H and O–H groups in total. The summed E-state index contributed by atoms with van der Waals surface area (Å²) in [6, 6.07) is -1.42. The largest absolute Gasteiger partial charge is 0.480 e. The summed E-state index contributed by atoms with van der Waals surface area (Å²) in [6.45, 7) is 4.43. The molecule has 0 fully saturated rings. The van der Waals surface area contributed by atoms with Gasteiger partial charge in [0.25, 0.3) is 0 Å². The zero-order chi connectivity index (χ0) is 25.5. The van der Waals surface area contributed by atoms with Crippen molar-refractivity contribution in [3.63, 3.8) is 0 Å². The Hall–Kier alpha value is -1.07. The van der Waals surface area contributed by atoms with E-state index in [1.165, 1.54) is 19.3 Å². The number of rotatable bonds is 25. The predicted molar refractivity (Wildman–Crippen MR) is 126 cm³/mol. The van der Waals surface area contributed by atoms with Gasteiger partial charge in [0.15, 0.2) is 0 Å². The second-order valence-electron chi connectivity index (χ2n) is 7.92. The standard InChI is InChI=1S/C22H44NO10P/c1-2-3-4-7-13-29-15-9-10-16-30-14-8-5-6-12-21(24)31-17-11-18-32-34(27,28)33-19-20(23)22(25)26/h20H,2-19,23H2,1H3,(H,25,26)(H,27,28)/t20-/m1/s1. The third kappa shape index (κ3) is 22.7. The quantitative estimate of drug-likeness (QED) is 0.0930. The van der Waals surface area contributed by atoms with Crippen molar-refractivity contribution >= 4 is 19.8 Å². The number of carbonyl (C=O) groups is 2. The van der Waals surface area contributed by atoms with Crippen LogP contribution in [-0.2, 0) is 37.4 Å². The van der Waals surface area contributed by atoms with Gasteiger partial charge in [0, 0.05) is 39.3 Å². The summed E-state index contributed by atoms with van der Waals surface area (Å²) in [6.07, 6.45) is 9.83. The number of hydrogen-bond acceptors (Lipinski definition) is 9. The Morgan fingerprint density at radius 2 is 1.35 bits per heavy atom. The highest BCUT2D eigenvalue weighted by Crippen LogP contribution is 2.43. The summed E-state index contributed by atoms with van der Waals surface area (Å²) in [5.74, 6) is -1.70. The summed E-state index contributed by atoms with van der Waals surface area (Å²) in [5.41, 5.74) is 5.17. The molecule has 0 bridgehead atoms. The van der Waals surface area contributed by atoms with Crippen molar-refractivity contribution in [3.05, 3.63) is 0 Å². The van der Waals surface area contributed by atoms with Gasteiger partial charge in [0.1, 0.15) is 6.04 Å². The van der Waals surface area contributed by atoms with Gasteiger partial charge in [-0.3, -0.25) is 18.6 Å². The first kappa shape index (κ1) is 32.9. The monoisotopic (exact) mass is 513 g/mol. The smallest absolute Gasteiger partial charge is 0.472 e. The maximum absolute atomic E-state index is 11.7. The molecule has 0 aromatic rings. The number of carboxylic acids is 1. The van der Waals surface area contributed by atoms with Crippen LogP contribution in [0.2, 0.25) is 0 Å². The lowest BCUT2D eigenvalue weighted by atomic mass is 10.2. The van der Waals surface area contributed by atoms with Crippen LogP contribution in [0.5, 0.6) is 0 Å². The molecule has 0 aliphatic heterocycles. The average molecular weight is 514 g/mol. The fourth-order valence-electron chi connectivity index (χ4n) is 2.67. The molecule has 0 spiro atoms. The molecule has 0 saturated heterocycles. The van der Waals surface area contributed by atoms with E-state index >= 15 is 0 Å². The van der Waals surface area contributed by atoms with Crippen LogP contribution < -0.4 is 5.73 Å². The second kappa shape index (κ2) is 22.4. The highest BCUT2D eigenvalue weighted by Gasteiger charge is 2.24. The van der Waals surface area contributed by atoms with E-state index in [0.29, 0.717) is 19.4 Å². The number of ether oxygens (including phenoxy) is 3. The van der Waals surface area contributed by atoms with Crippen molar-refractivity contribution in [2.24, 2.45) is 5.73 Å². The van der Waals surface area contributed by atoms with Gasteiger partial charge in [-0.2, -0.15) is 0 Å². The minimum Gasteiger partial charge on any atom is -0.480 e. The molecule has 34 heavy (non-hydrogen) atoms. The van der Waals surface area contributed by atoms with Crippen LogP contribution in [0, 0.1) is 0 Å². The molecule has 0 rings (SSSR count). The normalized spacial score (nSPS) is 14.0. The fourth-order valence-corrected chi connectivity index (χ4v) is 3.46. The number of nitrogens with two attached hydrogens (primary N) is 1. The summed E-state index contributed by atoms with van der Waals surface area (Å²) >= 11 is 0. The zero-order valence-electron chi connectivity index (χ0n) is 20.5. The van der Waals surface area contributed by atoms with Gasteiger partial charge in [-0.15, -0.1) is 0 Å². The van der Waals surface area contributed by atoms with Crippen LogP contribution in [0.3, 0.4) is 0 Å². The number of unbranched alkanes of at least 4 members (excludes halogenated alkanes) is 6. The minimum atomic E-state index is -4.40. The molecule has 0 heterocycles. The Kier molecular flexibility index (Phi) is 21.7. The van der Waals surface area contributed by atoms with Crippen molar-refractivity contribution in [2.75, 3.05) is 46.2 Å². The third-order valence-electron chi connectivity index (χ3n) is 4.68. The van der Waals surface area contributed by atoms with Crippen LogP contribution in [0.1, 0.15) is 77.6 Å². The first-order valence-corrected chi connectivity index (χ1v) is 13.7. The average Bonchev–Trinajstić information content (AvgIpc) is 2.79. The number of phosphoric acid groups is 1. The van der Waals surface area contributed by atoms with Gasteiger partial charge in [0.2, 0.25) is 0 Å². The molecule has 2 atom stereocenters. The third-order valence-corrected chi connectivity index (χ3v) is 5.66. The van der Waals surface area contributed by atoms with Crippen molar-refractivity contribution in [2.45, 2.75) is 83.6 Å². The summed E-state index contributed by atoms with van der Waals surface area (Å²) < 4.78 is 36.9. The maximum atomic E-state index is 11.7. The topological polar surface area (TPSA) is 164 Å². The predicted octanol–water partition coefficient (Wildman–Crippen LogP) is 3.42. The summed E-state index contributed by atoms with van der Waals surface area (Å²) in [5, 5.41) is 8.58. The molecule has 0 radical (unpaired) electrons. The Labute approximate surface area is 203 Å². The maximum Gasteiger partial charge on any atom is 0.472 e. The number of carbonyl (C=O) groups excluding carboxylic acids is 1. The van der Waals surface area contributed by atoms with E-state index in [2.05, 4.69) is 16.0 Å². The Morgan fingerprint density at radius 3 is 1.91 bits per heavy atom. The Balaban J connectivity index is 3.41. The van der Waals surface area contributed by atoms with Gasteiger partial charge in [0.05, 0.1) is 19.8 Å². The number of hydrogen-bond donors (Lipinski definition) is 3. The van der Waals surface area contributed by atoms with Crippen molar-refractivity contribution < 1.29 is 47.4 Å². The van der Waals surface area contributed by atoms with Gasteiger partial charge in [-0.05, 0) is 32.1 Å². The number of esters is 1.